The van der Waals surface area contributed by atoms with Gasteiger partial charge in [0.1, 0.15) is 0 Å². The van der Waals surface area contributed by atoms with Gasteiger partial charge in [-0.2, -0.15) is 0 Å². The van der Waals surface area contributed by atoms with E-state index in [0.29, 0.717) is 12.1 Å². The molecule has 1 heterocycles. The van der Waals surface area contributed by atoms with Crippen LogP contribution >= 0.6 is 0 Å². The maximum Gasteiger partial charge on any atom is 0.270 e. The number of nitro groups is 1. The van der Waals surface area contributed by atoms with Crippen molar-refractivity contribution < 1.29 is 9.72 Å². The summed E-state index contributed by atoms with van der Waals surface area (Å²) in [5, 5.41) is 11.9. The minimum Gasteiger partial charge on any atom is -0.334 e. The Hall–Kier alpha value is -3.48. The van der Waals surface area contributed by atoms with Gasteiger partial charge in [-0.25, -0.2) is 0 Å². The number of fused-ring (bicyclic) bond motifs is 1. The van der Waals surface area contributed by atoms with Crippen LogP contribution in [0.1, 0.15) is 41.3 Å². The molecule has 0 radical (unpaired) electrons. The van der Waals surface area contributed by atoms with Crippen LogP contribution in [0.5, 0.6) is 0 Å². The van der Waals surface area contributed by atoms with E-state index in [2.05, 4.69) is 4.98 Å². The van der Waals surface area contributed by atoms with Crippen molar-refractivity contribution in [1.29, 1.82) is 0 Å². The quantitative estimate of drug-likeness (QED) is 0.481. The molecule has 29 heavy (non-hydrogen) atoms. The van der Waals surface area contributed by atoms with Crippen molar-refractivity contribution >= 4 is 22.5 Å². The lowest BCUT2D eigenvalue weighted by Crippen LogP contribution is -2.33. The molecule has 0 aliphatic carbocycles. The minimum atomic E-state index is -0.524. The summed E-state index contributed by atoms with van der Waals surface area (Å²) in [6.07, 6.45) is 1.65. The van der Waals surface area contributed by atoms with Crippen LogP contribution in [0.25, 0.3) is 10.9 Å². The van der Waals surface area contributed by atoms with Crippen LogP contribution in [0.3, 0.4) is 0 Å². The highest BCUT2D eigenvalue weighted by molar-refractivity contribution is 5.94. The molecule has 7 nitrogen and oxygen atoms in total. The van der Waals surface area contributed by atoms with Crippen LogP contribution in [0.2, 0.25) is 0 Å². The van der Waals surface area contributed by atoms with Gasteiger partial charge in [-0.15, -0.1) is 0 Å². The predicted molar refractivity (Wildman–Crippen MR) is 112 cm³/mol. The van der Waals surface area contributed by atoms with E-state index >= 15 is 0 Å². The lowest BCUT2D eigenvalue weighted by Gasteiger charge is -2.22. The molecule has 1 amide bonds. The molecule has 0 unspecified atom stereocenters. The van der Waals surface area contributed by atoms with Crippen LogP contribution in [0.4, 0.5) is 5.69 Å². The molecule has 7 heteroatoms. The van der Waals surface area contributed by atoms with E-state index in [1.165, 1.54) is 18.2 Å². The zero-order valence-corrected chi connectivity index (χ0v) is 16.5. The van der Waals surface area contributed by atoms with Gasteiger partial charge in [0, 0.05) is 35.3 Å². The van der Waals surface area contributed by atoms with E-state index in [1.807, 2.05) is 32.0 Å². The van der Waals surface area contributed by atoms with Gasteiger partial charge in [0.2, 0.25) is 0 Å². The second-order valence-corrected chi connectivity index (χ2v) is 7.10. The molecule has 3 rings (SSSR count). The Labute approximate surface area is 168 Å². The van der Waals surface area contributed by atoms with Gasteiger partial charge in [0.25, 0.3) is 17.2 Å². The number of benzene rings is 2. The number of nitro benzene ring substituents is 1. The SMILES string of the molecule is CCCCN(Cc1cc2cc(C)ccc2[nH]c1=O)C(=O)c1cccc([N+](=O)[O-])c1. The summed E-state index contributed by atoms with van der Waals surface area (Å²) in [6, 6.07) is 13.3. The number of nitrogens with zero attached hydrogens (tertiary/aromatic N) is 2. The fraction of sp³-hybridized carbons (Fsp3) is 0.273. The summed E-state index contributed by atoms with van der Waals surface area (Å²) in [7, 11) is 0. The summed E-state index contributed by atoms with van der Waals surface area (Å²) in [5.41, 5.74) is 2.17. The molecule has 0 aliphatic heterocycles. The number of carbonyl (C=O) groups is 1. The first-order valence-corrected chi connectivity index (χ1v) is 9.55. The summed E-state index contributed by atoms with van der Waals surface area (Å²) < 4.78 is 0. The summed E-state index contributed by atoms with van der Waals surface area (Å²) in [4.78, 5) is 40.6. The number of carbonyl (C=O) groups excluding carboxylic acids is 1. The first-order valence-electron chi connectivity index (χ1n) is 9.55. The summed E-state index contributed by atoms with van der Waals surface area (Å²) >= 11 is 0. The Balaban J connectivity index is 1.95. The predicted octanol–water partition coefficient (Wildman–Crippen LogP) is 4.19. The smallest absolute Gasteiger partial charge is 0.270 e. The van der Waals surface area contributed by atoms with Gasteiger partial charge in [-0.1, -0.05) is 31.0 Å². The fourth-order valence-electron chi connectivity index (χ4n) is 3.23. The van der Waals surface area contributed by atoms with E-state index in [-0.39, 0.29) is 29.3 Å². The third-order valence-corrected chi connectivity index (χ3v) is 4.81. The average molecular weight is 393 g/mol. The van der Waals surface area contributed by atoms with E-state index in [4.69, 9.17) is 0 Å². The maximum absolute atomic E-state index is 13.0. The van der Waals surface area contributed by atoms with E-state index in [0.717, 1.165) is 29.3 Å². The van der Waals surface area contributed by atoms with Gasteiger partial charge in [-0.3, -0.25) is 19.7 Å². The van der Waals surface area contributed by atoms with Crippen molar-refractivity contribution in [3.63, 3.8) is 0 Å². The van der Waals surface area contributed by atoms with Crippen LogP contribution in [-0.4, -0.2) is 27.3 Å². The van der Waals surface area contributed by atoms with Crippen molar-refractivity contribution in [2.75, 3.05) is 6.54 Å². The van der Waals surface area contributed by atoms with E-state index in [9.17, 15) is 19.7 Å². The molecule has 0 bridgehead atoms. The minimum absolute atomic E-state index is 0.134. The topological polar surface area (TPSA) is 96.3 Å². The number of aromatic amines is 1. The molecule has 0 saturated heterocycles. The van der Waals surface area contributed by atoms with Crippen molar-refractivity contribution in [3.05, 3.63) is 85.7 Å². The first kappa shape index (κ1) is 20.3. The number of hydrogen-bond donors (Lipinski definition) is 1. The second kappa shape index (κ2) is 8.68. The molecule has 150 valence electrons. The van der Waals surface area contributed by atoms with Crippen LogP contribution in [-0.2, 0) is 6.54 Å². The van der Waals surface area contributed by atoms with Gasteiger partial charge < -0.3 is 9.88 Å². The highest BCUT2D eigenvalue weighted by Gasteiger charge is 2.19. The molecule has 1 N–H and O–H groups in total. The number of aromatic nitrogens is 1. The average Bonchev–Trinajstić information content (AvgIpc) is 2.71. The zero-order chi connectivity index (χ0) is 21.0. The van der Waals surface area contributed by atoms with E-state index in [1.54, 1.807) is 17.0 Å². The van der Waals surface area contributed by atoms with Gasteiger partial charge >= 0.3 is 0 Å². The number of amides is 1. The molecule has 0 saturated carbocycles. The largest absolute Gasteiger partial charge is 0.334 e. The van der Waals surface area contributed by atoms with Gasteiger partial charge in [0.15, 0.2) is 0 Å². The van der Waals surface area contributed by atoms with Crippen molar-refractivity contribution in [3.8, 4) is 0 Å². The molecule has 0 aliphatic rings. The normalized spacial score (nSPS) is 10.8. The maximum atomic E-state index is 13.0. The van der Waals surface area contributed by atoms with Gasteiger partial charge in [0.05, 0.1) is 11.5 Å². The van der Waals surface area contributed by atoms with Crippen LogP contribution < -0.4 is 5.56 Å². The van der Waals surface area contributed by atoms with Gasteiger partial charge in [-0.05, 0) is 43.0 Å². The number of aryl methyl sites for hydroxylation is 1. The Kier molecular flexibility index (Phi) is 6.07. The molecule has 0 atom stereocenters. The number of pyridine rings is 1. The number of unbranched alkanes of at least 4 members (excludes halogenated alkanes) is 1. The number of H-pyrrole nitrogens is 1. The highest BCUT2D eigenvalue weighted by atomic mass is 16.6. The number of non-ortho nitro benzene ring substituents is 1. The molecule has 3 aromatic rings. The Bertz CT molecular complexity index is 1120. The van der Waals surface area contributed by atoms with E-state index < -0.39 is 4.92 Å². The number of hydrogen-bond acceptors (Lipinski definition) is 4. The Morgan fingerprint density at radius 1 is 1.17 bits per heavy atom. The molecule has 2 aromatic carbocycles. The Morgan fingerprint density at radius 2 is 1.97 bits per heavy atom. The van der Waals surface area contributed by atoms with Crippen LogP contribution in [0, 0.1) is 17.0 Å². The lowest BCUT2D eigenvalue weighted by molar-refractivity contribution is -0.384. The third kappa shape index (κ3) is 4.68. The highest BCUT2D eigenvalue weighted by Crippen LogP contribution is 2.18. The first-order chi connectivity index (χ1) is 13.9. The molecular formula is C22H23N3O4. The van der Waals surface area contributed by atoms with Crippen molar-refractivity contribution in [1.82, 2.24) is 9.88 Å². The summed E-state index contributed by atoms with van der Waals surface area (Å²) in [5.74, 6) is -0.328. The second-order valence-electron chi connectivity index (χ2n) is 7.10. The number of nitrogens with one attached hydrogen (secondary N) is 1. The summed E-state index contributed by atoms with van der Waals surface area (Å²) in [6.45, 7) is 4.59. The van der Waals surface area contributed by atoms with Crippen molar-refractivity contribution in [2.24, 2.45) is 0 Å². The third-order valence-electron chi connectivity index (χ3n) is 4.81. The molecule has 0 spiro atoms. The molecule has 1 aromatic heterocycles. The fourth-order valence-corrected chi connectivity index (χ4v) is 3.23. The lowest BCUT2D eigenvalue weighted by atomic mass is 10.1. The van der Waals surface area contributed by atoms with Crippen molar-refractivity contribution in [2.45, 2.75) is 33.2 Å². The Morgan fingerprint density at radius 3 is 2.69 bits per heavy atom. The molecule has 0 fully saturated rings. The van der Waals surface area contributed by atoms with Crippen LogP contribution in [0.15, 0.2) is 53.3 Å². The zero-order valence-electron chi connectivity index (χ0n) is 16.5. The number of rotatable bonds is 7. The molecular weight excluding hydrogens is 370 g/mol. The monoisotopic (exact) mass is 393 g/mol. The standard InChI is InChI=1S/C22H23N3O4/c1-3-4-10-24(22(27)16-6-5-7-19(13-16)25(28)29)14-18-12-17-11-15(2)8-9-20(17)23-21(18)26/h5-9,11-13H,3-4,10,14H2,1-2H3,(H,23,26).